The summed E-state index contributed by atoms with van der Waals surface area (Å²) in [6.07, 6.45) is 8.15. The van der Waals surface area contributed by atoms with Crippen molar-refractivity contribution < 1.29 is 23.8 Å². The van der Waals surface area contributed by atoms with Gasteiger partial charge in [-0.05, 0) is 86.8 Å². The summed E-state index contributed by atoms with van der Waals surface area (Å²) in [5.41, 5.74) is 4.75. The zero-order valence-corrected chi connectivity index (χ0v) is 24.8. The second-order valence-corrected chi connectivity index (χ2v) is 12.2. The monoisotopic (exact) mass is 587 g/mol. The highest BCUT2D eigenvalue weighted by atomic mass is 16.5. The lowest BCUT2D eigenvalue weighted by Gasteiger charge is -2.32. The Kier molecular flexibility index (Phi) is 9.04. The Labute approximate surface area is 252 Å². The molecule has 43 heavy (non-hydrogen) atoms. The number of fused-ring (bicyclic) bond motifs is 1. The Morgan fingerprint density at radius 2 is 1.93 bits per heavy atom. The topological polar surface area (TPSA) is 121 Å². The average Bonchev–Trinajstić information content (AvgIpc) is 3.80. The molecule has 0 spiro atoms. The van der Waals surface area contributed by atoms with Gasteiger partial charge in [-0.25, -0.2) is 4.98 Å². The Balaban J connectivity index is 0.928. The van der Waals surface area contributed by atoms with Crippen LogP contribution < -0.4 is 10.1 Å². The summed E-state index contributed by atoms with van der Waals surface area (Å²) in [7, 11) is 0. The number of likely N-dealkylation sites (tertiary alicyclic amines) is 1. The van der Waals surface area contributed by atoms with Crippen molar-refractivity contribution in [1.29, 1.82) is 0 Å². The number of nitrogens with zero attached hydrogens (tertiary/aromatic N) is 4. The second kappa shape index (κ2) is 13.3. The van der Waals surface area contributed by atoms with Crippen LogP contribution >= 0.6 is 0 Å². The molecule has 0 unspecified atom stereocenters. The van der Waals surface area contributed by atoms with E-state index in [0.717, 1.165) is 87.6 Å². The highest BCUT2D eigenvalue weighted by molar-refractivity contribution is 5.94. The molecular weight excluding hydrogens is 546 g/mol. The number of hydrogen-bond donors (Lipinski definition) is 2. The molecule has 4 heterocycles. The molecule has 2 aliphatic heterocycles. The lowest BCUT2D eigenvalue weighted by atomic mass is 9.91. The van der Waals surface area contributed by atoms with E-state index in [0.29, 0.717) is 30.5 Å². The zero-order valence-electron chi connectivity index (χ0n) is 24.8. The molecule has 6 rings (SSSR count). The summed E-state index contributed by atoms with van der Waals surface area (Å²) in [5.74, 6) is 2.40. The summed E-state index contributed by atoms with van der Waals surface area (Å²) in [6.45, 7) is 6.10. The molecule has 2 fully saturated rings. The third-order valence-corrected chi connectivity index (χ3v) is 8.88. The van der Waals surface area contributed by atoms with Gasteiger partial charge >= 0.3 is 0 Å². The Morgan fingerprint density at radius 3 is 2.70 bits per heavy atom. The predicted octanol–water partition coefficient (Wildman–Crippen LogP) is 3.30. The summed E-state index contributed by atoms with van der Waals surface area (Å²) >= 11 is 0. The van der Waals surface area contributed by atoms with E-state index >= 15 is 0 Å². The molecule has 1 aliphatic carbocycles. The summed E-state index contributed by atoms with van der Waals surface area (Å²) in [5, 5.41) is 13.6. The van der Waals surface area contributed by atoms with E-state index in [1.54, 1.807) is 12.3 Å². The number of oxazole rings is 1. The number of piperidine rings is 1. The number of aryl methyl sites for hydroxylation is 1. The molecule has 1 saturated carbocycles. The molecule has 1 atom stereocenters. The van der Waals surface area contributed by atoms with Crippen LogP contribution in [0, 0.1) is 18.8 Å². The third-order valence-electron chi connectivity index (χ3n) is 8.88. The van der Waals surface area contributed by atoms with Crippen LogP contribution in [-0.2, 0) is 30.8 Å². The van der Waals surface area contributed by atoms with Gasteiger partial charge in [-0.2, -0.15) is 0 Å². The van der Waals surface area contributed by atoms with Gasteiger partial charge in [0.1, 0.15) is 12.4 Å². The van der Waals surface area contributed by atoms with Crippen LogP contribution in [-0.4, -0.2) is 75.5 Å². The molecule has 10 heteroatoms. The van der Waals surface area contributed by atoms with Crippen LogP contribution in [0.2, 0.25) is 0 Å². The van der Waals surface area contributed by atoms with E-state index in [9.17, 15) is 14.7 Å². The SMILES string of the molecule is Cc1ncoc1COc1ccc2c(c1)CCN(C[C@@H](O)CNC(=O)c1ccnc(CC3CCN(C(=O)C4CC4)CC3)c1)C2. The van der Waals surface area contributed by atoms with Crippen molar-refractivity contribution in [3.05, 3.63) is 76.8 Å². The maximum Gasteiger partial charge on any atom is 0.251 e. The molecule has 2 N–H and O–H groups in total. The normalized spacial score (nSPS) is 18.2. The Hall–Kier alpha value is -3.76. The number of pyridine rings is 1. The fourth-order valence-electron chi connectivity index (χ4n) is 6.09. The van der Waals surface area contributed by atoms with Gasteiger partial charge in [0.25, 0.3) is 5.91 Å². The van der Waals surface area contributed by atoms with Gasteiger partial charge in [0.05, 0.1) is 11.8 Å². The van der Waals surface area contributed by atoms with E-state index in [4.69, 9.17) is 9.15 Å². The van der Waals surface area contributed by atoms with Gasteiger partial charge in [0, 0.05) is 62.6 Å². The lowest BCUT2D eigenvalue weighted by molar-refractivity contribution is -0.133. The van der Waals surface area contributed by atoms with E-state index in [-0.39, 0.29) is 18.4 Å². The Bertz CT molecular complexity index is 1430. The van der Waals surface area contributed by atoms with Crippen molar-refractivity contribution in [2.24, 2.45) is 11.8 Å². The number of aromatic nitrogens is 2. The number of carbonyl (C=O) groups is 2. The highest BCUT2D eigenvalue weighted by Gasteiger charge is 2.35. The number of rotatable bonds is 11. The molecule has 0 bridgehead atoms. The third kappa shape index (κ3) is 7.61. The highest BCUT2D eigenvalue weighted by Crippen LogP contribution is 2.33. The first-order valence-corrected chi connectivity index (χ1v) is 15.5. The molecule has 2 amide bonds. The zero-order chi connectivity index (χ0) is 29.8. The predicted molar refractivity (Wildman–Crippen MR) is 159 cm³/mol. The van der Waals surface area contributed by atoms with Gasteiger partial charge in [0.2, 0.25) is 5.91 Å². The first-order chi connectivity index (χ1) is 20.9. The largest absolute Gasteiger partial charge is 0.486 e. The van der Waals surface area contributed by atoms with Crippen molar-refractivity contribution >= 4 is 11.8 Å². The number of benzene rings is 1. The molecule has 228 valence electrons. The molecule has 3 aliphatic rings. The van der Waals surface area contributed by atoms with Gasteiger partial charge in [-0.15, -0.1) is 0 Å². The van der Waals surface area contributed by atoms with Crippen LogP contribution in [0.3, 0.4) is 0 Å². The van der Waals surface area contributed by atoms with Crippen LogP contribution in [0.5, 0.6) is 5.75 Å². The fourth-order valence-corrected chi connectivity index (χ4v) is 6.09. The molecular formula is C33H41N5O5. The standard InChI is InChI=1S/C33H41N5O5/c1-22-31(43-21-36-22)20-42-30-5-4-27-18-37(11-9-25(27)16-30)19-29(39)17-35-32(40)26-6-10-34-28(15-26)14-23-7-12-38(13-8-23)33(41)24-2-3-24/h4-6,10,15-16,21,23-24,29,39H,2-3,7-9,11-14,17-20H2,1H3,(H,35,40)/t29-/m0/s1. The summed E-state index contributed by atoms with van der Waals surface area (Å²) in [6, 6.07) is 9.70. The van der Waals surface area contributed by atoms with E-state index < -0.39 is 6.10 Å². The first-order valence-electron chi connectivity index (χ1n) is 15.5. The molecule has 1 aromatic carbocycles. The van der Waals surface area contributed by atoms with Crippen LogP contribution in [0.15, 0.2) is 47.3 Å². The van der Waals surface area contributed by atoms with Crippen molar-refractivity contribution in [3.8, 4) is 5.75 Å². The lowest BCUT2D eigenvalue weighted by Crippen LogP contribution is -2.42. The van der Waals surface area contributed by atoms with Crippen LogP contribution in [0.25, 0.3) is 0 Å². The summed E-state index contributed by atoms with van der Waals surface area (Å²) < 4.78 is 11.3. The van der Waals surface area contributed by atoms with Crippen LogP contribution in [0.4, 0.5) is 0 Å². The van der Waals surface area contributed by atoms with Gasteiger partial charge < -0.3 is 24.5 Å². The molecule has 10 nitrogen and oxygen atoms in total. The van der Waals surface area contributed by atoms with Crippen molar-refractivity contribution in [1.82, 2.24) is 25.1 Å². The number of aliphatic hydroxyl groups is 1. The van der Waals surface area contributed by atoms with Crippen molar-refractivity contribution in [2.45, 2.75) is 64.7 Å². The smallest absolute Gasteiger partial charge is 0.251 e. The van der Waals surface area contributed by atoms with Crippen molar-refractivity contribution in [3.63, 3.8) is 0 Å². The minimum absolute atomic E-state index is 0.182. The number of carbonyl (C=O) groups excluding carboxylic acids is 2. The second-order valence-electron chi connectivity index (χ2n) is 12.2. The minimum atomic E-state index is -0.678. The maximum absolute atomic E-state index is 12.9. The number of nitrogens with one attached hydrogen (secondary N) is 1. The first kappa shape index (κ1) is 29.3. The van der Waals surface area contributed by atoms with E-state index in [1.807, 2.05) is 24.0 Å². The molecule has 1 saturated heterocycles. The number of amides is 2. The van der Waals surface area contributed by atoms with Gasteiger partial charge in [-0.3, -0.25) is 19.5 Å². The molecule has 3 aromatic rings. The minimum Gasteiger partial charge on any atom is -0.486 e. The summed E-state index contributed by atoms with van der Waals surface area (Å²) in [4.78, 5) is 38.0. The quantitative estimate of drug-likeness (QED) is 0.351. The molecule has 0 radical (unpaired) electrons. The Morgan fingerprint density at radius 1 is 1.09 bits per heavy atom. The maximum atomic E-state index is 12.9. The number of ether oxygens (including phenoxy) is 1. The number of aliphatic hydroxyl groups excluding tert-OH is 1. The van der Waals surface area contributed by atoms with E-state index in [2.05, 4.69) is 32.3 Å². The van der Waals surface area contributed by atoms with Crippen molar-refractivity contribution in [2.75, 3.05) is 32.7 Å². The van der Waals surface area contributed by atoms with E-state index in [1.165, 1.54) is 17.5 Å². The number of β-amino-alcohol motifs (C(OH)–C–C–N with tert-alkyl or cyclic N) is 1. The molecule has 2 aromatic heterocycles. The fraction of sp³-hybridized carbons (Fsp3) is 0.515. The van der Waals surface area contributed by atoms with Gasteiger partial charge in [-0.1, -0.05) is 6.07 Å². The van der Waals surface area contributed by atoms with Gasteiger partial charge in [0.15, 0.2) is 12.2 Å². The number of hydrogen-bond acceptors (Lipinski definition) is 8. The van der Waals surface area contributed by atoms with Crippen LogP contribution in [0.1, 0.15) is 64.3 Å². The average molecular weight is 588 g/mol.